The Balaban J connectivity index is 1.35. The third-order valence-corrected chi connectivity index (χ3v) is 14.4. The smallest absolute Gasteiger partial charge is 0.259 e. The highest BCUT2D eigenvalue weighted by atomic mass is 28.4. The van der Waals surface area contributed by atoms with Crippen molar-refractivity contribution in [1.82, 2.24) is 19.2 Å². The minimum absolute atomic E-state index is 0.00446. The molecular weight excluding hydrogens is 607 g/mol. The van der Waals surface area contributed by atoms with Crippen LogP contribution in [-0.4, -0.2) is 52.6 Å². The molecule has 9 nitrogen and oxygen atoms in total. The molecule has 1 unspecified atom stereocenters. The lowest BCUT2D eigenvalue weighted by Crippen LogP contribution is -2.46. The van der Waals surface area contributed by atoms with Gasteiger partial charge in [-0.05, 0) is 73.0 Å². The first-order valence-corrected chi connectivity index (χ1v) is 19.7. The number of aldehydes is 1. The molecule has 4 aromatic rings. The van der Waals surface area contributed by atoms with Crippen LogP contribution in [0.3, 0.4) is 0 Å². The first kappa shape index (κ1) is 34.4. The Morgan fingerprint density at radius 3 is 2.43 bits per heavy atom. The highest BCUT2D eigenvalue weighted by Gasteiger charge is 2.39. The van der Waals surface area contributed by atoms with Gasteiger partial charge in [0.25, 0.3) is 5.56 Å². The van der Waals surface area contributed by atoms with Crippen LogP contribution in [0.5, 0.6) is 0 Å². The fraction of sp³-hybridized carbons (Fsp3) is 0.486. The standard InChI is InChI=1S/C37H47N5O4Si/c1-7-10-34-33(21-26-13-15-27(16-14-26)32-12-9-8-11-28(32)22-38)35(44)41(36-39-25-40-42(34)36)29-17-19-30(20-18-29)45-24-31(23-43)46-47(5,6)37(2,3)4/h8-9,11-16,23,25,29-31H,7,10,17-21,24H2,1-6H3/t29-,30-,31?. The van der Waals surface area contributed by atoms with E-state index in [9.17, 15) is 14.9 Å². The minimum atomic E-state index is -2.10. The van der Waals surface area contributed by atoms with Gasteiger partial charge in [0.05, 0.1) is 30.0 Å². The summed E-state index contributed by atoms with van der Waals surface area (Å²) in [5, 5.41) is 14.1. The molecule has 1 aliphatic carbocycles. The summed E-state index contributed by atoms with van der Waals surface area (Å²) in [6, 6.07) is 17.9. The molecule has 0 spiro atoms. The lowest BCUT2D eigenvalue weighted by Gasteiger charge is -2.38. The van der Waals surface area contributed by atoms with E-state index in [4.69, 9.17) is 9.16 Å². The summed E-state index contributed by atoms with van der Waals surface area (Å²) in [7, 11) is -2.10. The Hall–Kier alpha value is -3.91. The molecule has 47 heavy (non-hydrogen) atoms. The minimum Gasteiger partial charge on any atom is -0.405 e. The van der Waals surface area contributed by atoms with Crippen LogP contribution in [-0.2, 0) is 26.8 Å². The van der Waals surface area contributed by atoms with Crippen LogP contribution in [0.25, 0.3) is 16.9 Å². The number of nitrogens with zero attached hydrogens (tertiary/aromatic N) is 5. The van der Waals surface area contributed by atoms with Gasteiger partial charge in [-0.3, -0.25) is 9.36 Å². The van der Waals surface area contributed by atoms with Crippen molar-refractivity contribution in [3.8, 4) is 17.2 Å². The van der Waals surface area contributed by atoms with Crippen molar-refractivity contribution in [2.75, 3.05) is 6.61 Å². The van der Waals surface area contributed by atoms with Crippen LogP contribution in [0.15, 0.2) is 59.7 Å². The second-order valence-electron chi connectivity index (χ2n) is 14.2. The number of rotatable bonds is 12. The van der Waals surface area contributed by atoms with Crippen molar-refractivity contribution < 1.29 is 14.0 Å². The molecule has 2 aromatic carbocycles. The topological polar surface area (TPSA) is 112 Å². The predicted molar refractivity (Wildman–Crippen MR) is 186 cm³/mol. The van der Waals surface area contributed by atoms with Gasteiger partial charge in [0.1, 0.15) is 18.7 Å². The summed E-state index contributed by atoms with van der Waals surface area (Å²) in [6.07, 6.45) is 6.99. The number of carbonyl (C=O) groups excluding carboxylic acids is 1. The SMILES string of the molecule is CCCc1c(Cc2ccc(-c3ccccc3C#N)cc2)c(=O)n([C@H]2CC[C@H](OCC(C=O)O[Si](C)(C)C(C)(C)C)CC2)c2ncnn12. The van der Waals surface area contributed by atoms with Crippen molar-refractivity contribution in [2.24, 2.45) is 0 Å². The van der Waals surface area contributed by atoms with Gasteiger partial charge in [-0.15, -0.1) is 0 Å². The van der Waals surface area contributed by atoms with Crippen LogP contribution >= 0.6 is 0 Å². The Morgan fingerprint density at radius 2 is 1.79 bits per heavy atom. The average molecular weight is 654 g/mol. The molecule has 0 N–H and O–H groups in total. The second kappa shape index (κ2) is 14.5. The maximum atomic E-state index is 14.4. The van der Waals surface area contributed by atoms with Crippen molar-refractivity contribution in [1.29, 1.82) is 5.26 Å². The van der Waals surface area contributed by atoms with Gasteiger partial charge in [-0.2, -0.15) is 15.3 Å². The number of fused-ring (bicyclic) bond motifs is 1. The normalized spacial score (nSPS) is 17.8. The van der Waals surface area contributed by atoms with Crippen LogP contribution in [0.4, 0.5) is 0 Å². The highest BCUT2D eigenvalue weighted by Crippen LogP contribution is 2.37. The summed E-state index contributed by atoms with van der Waals surface area (Å²) in [4.78, 5) is 30.8. The van der Waals surface area contributed by atoms with E-state index in [0.29, 0.717) is 24.2 Å². The van der Waals surface area contributed by atoms with Gasteiger partial charge in [-0.1, -0.05) is 76.6 Å². The van der Waals surface area contributed by atoms with Gasteiger partial charge >= 0.3 is 0 Å². The van der Waals surface area contributed by atoms with Gasteiger partial charge in [-0.25, -0.2) is 4.52 Å². The fourth-order valence-electron chi connectivity index (χ4n) is 6.27. The lowest BCUT2D eigenvalue weighted by molar-refractivity contribution is -0.118. The fourth-order valence-corrected chi connectivity index (χ4v) is 7.51. The molecule has 248 valence electrons. The van der Waals surface area contributed by atoms with Crippen LogP contribution in [0, 0.1) is 11.3 Å². The van der Waals surface area contributed by atoms with Gasteiger partial charge < -0.3 is 14.0 Å². The number of aryl methyl sites for hydroxylation is 1. The summed E-state index contributed by atoms with van der Waals surface area (Å²) in [6.45, 7) is 13.1. The molecule has 0 saturated heterocycles. The Labute approximate surface area is 278 Å². The van der Waals surface area contributed by atoms with E-state index in [2.05, 4.69) is 56.9 Å². The van der Waals surface area contributed by atoms with Crippen molar-refractivity contribution in [3.63, 3.8) is 0 Å². The molecule has 0 radical (unpaired) electrons. The summed E-state index contributed by atoms with van der Waals surface area (Å²) in [5.41, 5.74) is 5.14. The van der Waals surface area contributed by atoms with E-state index in [1.807, 2.05) is 57.6 Å². The molecule has 1 aliphatic rings. The van der Waals surface area contributed by atoms with Crippen molar-refractivity contribution in [2.45, 2.75) is 109 Å². The van der Waals surface area contributed by atoms with Gasteiger partial charge in [0, 0.05) is 18.0 Å². The van der Waals surface area contributed by atoms with Crippen LogP contribution in [0.2, 0.25) is 18.1 Å². The number of benzene rings is 2. The third-order valence-electron chi connectivity index (χ3n) is 9.92. The molecule has 10 heteroatoms. The third kappa shape index (κ3) is 7.48. The predicted octanol–water partition coefficient (Wildman–Crippen LogP) is 7.06. The molecule has 0 amide bonds. The van der Waals surface area contributed by atoms with E-state index in [1.165, 1.54) is 6.33 Å². The van der Waals surface area contributed by atoms with Gasteiger partial charge in [0.2, 0.25) is 5.78 Å². The number of hydrogen-bond donors (Lipinski definition) is 0. The van der Waals surface area contributed by atoms with Crippen LogP contribution < -0.4 is 5.56 Å². The number of aromatic nitrogens is 4. The summed E-state index contributed by atoms with van der Waals surface area (Å²) in [5.74, 6) is 0.582. The molecule has 1 atom stereocenters. The first-order valence-electron chi connectivity index (χ1n) is 16.8. The largest absolute Gasteiger partial charge is 0.405 e. The second-order valence-corrected chi connectivity index (χ2v) is 18.9. The molecule has 0 bridgehead atoms. The molecule has 1 saturated carbocycles. The first-order chi connectivity index (χ1) is 22.5. The zero-order valence-corrected chi connectivity index (χ0v) is 29.5. The molecule has 2 heterocycles. The Bertz CT molecular complexity index is 1790. The zero-order valence-electron chi connectivity index (χ0n) is 28.5. The number of carbonyl (C=O) groups is 1. The van der Waals surface area contributed by atoms with E-state index >= 15 is 0 Å². The van der Waals surface area contributed by atoms with Gasteiger partial charge in [0.15, 0.2) is 8.32 Å². The average Bonchev–Trinajstić information content (AvgIpc) is 3.54. The molecule has 0 aliphatic heterocycles. The quantitative estimate of drug-likeness (QED) is 0.119. The Morgan fingerprint density at radius 1 is 1.09 bits per heavy atom. The van der Waals surface area contributed by atoms with E-state index in [1.54, 1.807) is 0 Å². The van der Waals surface area contributed by atoms with Crippen LogP contribution in [0.1, 0.15) is 88.2 Å². The highest BCUT2D eigenvalue weighted by molar-refractivity contribution is 6.74. The summed E-state index contributed by atoms with van der Waals surface area (Å²) < 4.78 is 16.2. The van der Waals surface area contributed by atoms with Crippen molar-refractivity contribution >= 4 is 20.4 Å². The molecule has 5 rings (SSSR count). The summed E-state index contributed by atoms with van der Waals surface area (Å²) >= 11 is 0. The molecular formula is C37H47N5O4Si. The van der Waals surface area contributed by atoms with E-state index in [0.717, 1.165) is 66.3 Å². The maximum Gasteiger partial charge on any atom is 0.259 e. The lowest BCUT2D eigenvalue weighted by atomic mass is 9.92. The van der Waals surface area contributed by atoms with E-state index < -0.39 is 14.4 Å². The van der Waals surface area contributed by atoms with E-state index in [-0.39, 0.29) is 29.4 Å². The zero-order chi connectivity index (χ0) is 33.8. The number of nitriles is 1. The Kier molecular flexibility index (Phi) is 10.6. The molecule has 1 fully saturated rings. The molecule has 2 aromatic heterocycles. The number of ether oxygens (including phenoxy) is 1. The monoisotopic (exact) mass is 653 g/mol. The van der Waals surface area contributed by atoms with Crippen molar-refractivity contribution in [3.05, 3.63) is 87.6 Å². The maximum absolute atomic E-state index is 14.4. The number of hydrogen-bond acceptors (Lipinski definition) is 7.